The molecule has 1 amide bonds. The van der Waals surface area contributed by atoms with Crippen LogP contribution in [0.3, 0.4) is 0 Å². The summed E-state index contributed by atoms with van der Waals surface area (Å²) in [6, 6.07) is 10.3. The van der Waals surface area contributed by atoms with Gasteiger partial charge in [0.05, 0.1) is 0 Å². The van der Waals surface area contributed by atoms with E-state index < -0.39 is 0 Å². The summed E-state index contributed by atoms with van der Waals surface area (Å²) in [5.74, 6) is 0.0416. The zero-order valence-electron chi connectivity index (χ0n) is 8.60. The van der Waals surface area contributed by atoms with Gasteiger partial charge in [-0.25, -0.2) is 0 Å². The standard InChI is InChI=1S/C12H12N2O2/c15-10-4-1-3-9(7-10)8-14-12(16)11-5-2-6-13-11/h1-7,13,15H,8H2,(H,14,16). The normalized spacial score (nSPS) is 10.0. The molecule has 0 spiro atoms. The number of phenolic OH excluding ortho intramolecular Hbond substituents is 1. The molecule has 82 valence electrons. The van der Waals surface area contributed by atoms with Crippen LogP contribution in [0.25, 0.3) is 0 Å². The number of carbonyl (C=O) groups is 1. The lowest BCUT2D eigenvalue weighted by molar-refractivity contribution is 0.0946. The number of aromatic nitrogens is 1. The minimum atomic E-state index is -0.159. The molecule has 0 aliphatic carbocycles. The van der Waals surface area contributed by atoms with E-state index >= 15 is 0 Å². The monoisotopic (exact) mass is 216 g/mol. The molecule has 1 aromatic heterocycles. The van der Waals surface area contributed by atoms with Gasteiger partial charge in [0.1, 0.15) is 11.4 Å². The van der Waals surface area contributed by atoms with Crippen molar-refractivity contribution in [2.45, 2.75) is 6.54 Å². The van der Waals surface area contributed by atoms with Crippen molar-refractivity contribution in [1.82, 2.24) is 10.3 Å². The van der Waals surface area contributed by atoms with Crippen molar-refractivity contribution >= 4 is 5.91 Å². The van der Waals surface area contributed by atoms with Gasteiger partial charge in [0, 0.05) is 12.7 Å². The van der Waals surface area contributed by atoms with Crippen molar-refractivity contribution in [3.05, 3.63) is 53.9 Å². The number of hydrogen-bond acceptors (Lipinski definition) is 2. The molecule has 1 heterocycles. The second kappa shape index (κ2) is 4.53. The molecule has 0 aliphatic heterocycles. The maximum absolute atomic E-state index is 11.6. The maximum Gasteiger partial charge on any atom is 0.267 e. The van der Waals surface area contributed by atoms with Crippen molar-refractivity contribution in [3.63, 3.8) is 0 Å². The van der Waals surface area contributed by atoms with Crippen molar-refractivity contribution < 1.29 is 9.90 Å². The van der Waals surface area contributed by atoms with E-state index in [1.165, 1.54) is 0 Å². The number of aromatic hydroxyl groups is 1. The van der Waals surface area contributed by atoms with E-state index in [2.05, 4.69) is 10.3 Å². The molecule has 0 bridgehead atoms. The van der Waals surface area contributed by atoms with Crippen LogP contribution in [0, 0.1) is 0 Å². The number of amides is 1. The van der Waals surface area contributed by atoms with Gasteiger partial charge in [0.25, 0.3) is 5.91 Å². The average molecular weight is 216 g/mol. The molecule has 2 aromatic rings. The first-order valence-electron chi connectivity index (χ1n) is 4.95. The van der Waals surface area contributed by atoms with Crippen LogP contribution < -0.4 is 5.32 Å². The predicted molar refractivity (Wildman–Crippen MR) is 60.1 cm³/mol. The van der Waals surface area contributed by atoms with Crippen LogP contribution >= 0.6 is 0 Å². The van der Waals surface area contributed by atoms with Crippen molar-refractivity contribution in [1.29, 1.82) is 0 Å². The third kappa shape index (κ3) is 2.42. The SMILES string of the molecule is O=C(NCc1cccc(O)c1)c1ccc[nH]1. The Morgan fingerprint density at radius 2 is 2.19 bits per heavy atom. The Morgan fingerprint density at radius 3 is 2.88 bits per heavy atom. The van der Waals surface area contributed by atoms with Crippen LogP contribution in [0.4, 0.5) is 0 Å². The summed E-state index contributed by atoms with van der Waals surface area (Å²) in [5, 5.41) is 12.0. The van der Waals surface area contributed by atoms with Crippen LogP contribution in [0.2, 0.25) is 0 Å². The summed E-state index contributed by atoms with van der Waals surface area (Å²) in [7, 11) is 0. The summed E-state index contributed by atoms with van der Waals surface area (Å²) < 4.78 is 0. The Bertz CT molecular complexity index is 478. The Labute approximate surface area is 92.9 Å². The Balaban J connectivity index is 1.95. The smallest absolute Gasteiger partial charge is 0.267 e. The minimum absolute atomic E-state index is 0.159. The Hall–Kier alpha value is -2.23. The third-order valence-electron chi connectivity index (χ3n) is 2.21. The number of aromatic amines is 1. The van der Waals surface area contributed by atoms with Crippen LogP contribution in [-0.4, -0.2) is 16.0 Å². The van der Waals surface area contributed by atoms with E-state index in [0.717, 1.165) is 5.56 Å². The number of rotatable bonds is 3. The summed E-state index contributed by atoms with van der Waals surface area (Å²) in [5.41, 5.74) is 1.39. The highest BCUT2D eigenvalue weighted by atomic mass is 16.3. The summed E-state index contributed by atoms with van der Waals surface area (Å²) in [6.07, 6.45) is 1.70. The molecule has 4 heteroatoms. The fourth-order valence-corrected chi connectivity index (χ4v) is 1.42. The highest BCUT2D eigenvalue weighted by Gasteiger charge is 2.04. The molecular weight excluding hydrogens is 204 g/mol. The molecule has 16 heavy (non-hydrogen) atoms. The second-order valence-corrected chi connectivity index (χ2v) is 3.44. The molecule has 1 aromatic carbocycles. The number of phenols is 1. The van der Waals surface area contributed by atoms with E-state index in [0.29, 0.717) is 12.2 Å². The van der Waals surface area contributed by atoms with Crippen LogP contribution in [0.15, 0.2) is 42.6 Å². The van der Waals surface area contributed by atoms with Gasteiger partial charge in [-0.3, -0.25) is 4.79 Å². The summed E-state index contributed by atoms with van der Waals surface area (Å²) in [4.78, 5) is 14.4. The van der Waals surface area contributed by atoms with Crippen molar-refractivity contribution in [2.24, 2.45) is 0 Å². The first-order valence-corrected chi connectivity index (χ1v) is 4.95. The molecule has 3 N–H and O–H groups in total. The highest BCUT2D eigenvalue weighted by molar-refractivity contribution is 5.92. The number of benzene rings is 1. The molecule has 2 rings (SSSR count). The van der Waals surface area contributed by atoms with Gasteiger partial charge < -0.3 is 15.4 Å². The van der Waals surface area contributed by atoms with Gasteiger partial charge >= 0.3 is 0 Å². The zero-order chi connectivity index (χ0) is 11.4. The van der Waals surface area contributed by atoms with Gasteiger partial charge in [-0.1, -0.05) is 12.1 Å². The van der Waals surface area contributed by atoms with E-state index in [9.17, 15) is 9.90 Å². The van der Waals surface area contributed by atoms with Gasteiger partial charge in [-0.05, 0) is 29.8 Å². The molecule has 0 saturated heterocycles. The first-order chi connectivity index (χ1) is 7.75. The Morgan fingerprint density at radius 1 is 1.31 bits per heavy atom. The lowest BCUT2D eigenvalue weighted by Crippen LogP contribution is -2.22. The largest absolute Gasteiger partial charge is 0.508 e. The third-order valence-corrected chi connectivity index (χ3v) is 2.21. The minimum Gasteiger partial charge on any atom is -0.508 e. The second-order valence-electron chi connectivity index (χ2n) is 3.44. The lowest BCUT2D eigenvalue weighted by atomic mass is 10.2. The van der Waals surface area contributed by atoms with E-state index in [1.807, 2.05) is 6.07 Å². The summed E-state index contributed by atoms with van der Waals surface area (Å²) >= 11 is 0. The molecule has 0 fully saturated rings. The van der Waals surface area contributed by atoms with Crippen molar-refractivity contribution in [3.8, 4) is 5.75 Å². The molecule has 0 aliphatic rings. The van der Waals surface area contributed by atoms with Crippen molar-refractivity contribution in [2.75, 3.05) is 0 Å². The predicted octanol–water partition coefficient (Wildman–Crippen LogP) is 1.65. The molecule has 0 saturated carbocycles. The van der Waals surface area contributed by atoms with Gasteiger partial charge in [-0.15, -0.1) is 0 Å². The van der Waals surface area contributed by atoms with E-state index in [1.54, 1.807) is 36.5 Å². The topological polar surface area (TPSA) is 65.1 Å². The maximum atomic E-state index is 11.6. The van der Waals surface area contributed by atoms with Crippen LogP contribution in [0.5, 0.6) is 5.75 Å². The lowest BCUT2D eigenvalue weighted by Gasteiger charge is -2.04. The molecule has 0 radical (unpaired) electrons. The molecular formula is C12H12N2O2. The molecule has 0 atom stereocenters. The molecule has 0 unspecified atom stereocenters. The molecule has 4 nitrogen and oxygen atoms in total. The zero-order valence-corrected chi connectivity index (χ0v) is 8.60. The number of hydrogen-bond donors (Lipinski definition) is 3. The van der Waals surface area contributed by atoms with Gasteiger partial charge in [0.15, 0.2) is 0 Å². The van der Waals surface area contributed by atoms with Crippen LogP contribution in [-0.2, 0) is 6.54 Å². The fraction of sp³-hybridized carbons (Fsp3) is 0.0833. The van der Waals surface area contributed by atoms with Gasteiger partial charge in [0.2, 0.25) is 0 Å². The number of H-pyrrole nitrogens is 1. The Kier molecular flexibility index (Phi) is 2.91. The number of nitrogens with one attached hydrogen (secondary N) is 2. The van der Waals surface area contributed by atoms with E-state index in [4.69, 9.17) is 0 Å². The van der Waals surface area contributed by atoms with E-state index in [-0.39, 0.29) is 11.7 Å². The summed E-state index contributed by atoms with van der Waals surface area (Å²) in [6.45, 7) is 0.395. The number of carbonyl (C=O) groups excluding carboxylic acids is 1. The highest BCUT2D eigenvalue weighted by Crippen LogP contribution is 2.10. The average Bonchev–Trinajstić information content (AvgIpc) is 2.79. The quantitative estimate of drug-likeness (QED) is 0.730. The fourth-order valence-electron chi connectivity index (χ4n) is 1.42. The van der Waals surface area contributed by atoms with Gasteiger partial charge in [-0.2, -0.15) is 0 Å². The first kappa shape index (κ1) is 10.3. The van der Waals surface area contributed by atoms with Crippen LogP contribution in [0.1, 0.15) is 16.1 Å².